The van der Waals surface area contributed by atoms with E-state index in [1.807, 2.05) is 0 Å². The van der Waals surface area contributed by atoms with Crippen molar-refractivity contribution < 1.29 is 22.7 Å². The van der Waals surface area contributed by atoms with Crippen LogP contribution >= 0.6 is 0 Å². The van der Waals surface area contributed by atoms with Gasteiger partial charge in [-0.05, 0) is 17.7 Å². The number of halogens is 4. The van der Waals surface area contributed by atoms with Crippen molar-refractivity contribution in [1.29, 1.82) is 0 Å². The predicted molar refractivity (Wildman–Crippen MR) is 71.5 cm³/mol. The van der Waals surface area contributed by atoms with Crippen LogP contribution < -0.4 is 5.32 Å². The van der Waals surface area contributed by atoms with Gasteiger partial charge in [0.05, 0.1) is 12.5 Å². The first-order valence-corrected chi connectivity index (χ1v) is 6.22. The fraction of sp³-hybridized carbons (Fsp3) is 0.200. The van der Waals surface area contributed by atoms with E-state index in [1.165, 1.54) is 6.07 Å². The van der Waals surface area contributed by atoms with Gasteiger partial charge in [0.2, 0.25) is 0 Å². The molecule has 0 saturated heterocycles. The molecule has 1 unspecified atom stereocenters. The third-order valence-electron chi connectivity index (χ3n) is 2.93. The molecule has 2 rings (SSSR count). The first kappa shape index (κ1) is 15.2. The smallest absolute Gasteiger partial charge is 0.391 e. The Labute approximate surface area is 119 Å². The molecule has 2 nitrogen and oxygen atoms in total. The van der Waals surface area contributed by atoms with E-state index < -0.39 is 30.2 Å². The lowest BCUT2D eigenvalue weighted by Crippen LogP contribution is -2.20. The highest BCUT2D eigenvalue weighted by Gasteiger charge is 2.32. The minimum atomic E-state index is -4.36. The fourth-order valence-corrected chi connectivity index (χ4v) is 1.97. The van der Waals surface area contributed by atoms with Gasteiger partial charge in [0.1, 0.15) is 0 Å². The molecule has 0 bridgehead atoms. The zero-order valence-corrected chi connectivity index (χ0v) is 10.9. The minimum Gasteiger partial charge on any atom is -0.505 e. The normalized spacial score (nSPS) is 13.0. The van der Waals surface area contributed by atoms with Crippen LogP contribution in [-0.4, -0.2) is 11.3 Å². The van der Waals surface area contributed by atoms with Gasteiger partial charge >= 0.3 is 6.18 Å². The molecule has 0 saturated carbocycles. The van der Waals surface area contributed by atoms with Crippen molar-refractivity contribution in [1.82, 2.24) is 0 Å². The highest BCUT2D eigenvalue weighted by atomic mass is 19.4. The van der Waals surface area contributed by atoms with E-state index in [-0.39, 0.29) is 5.69 Å². The lowest BCUT2D eigenvalue weighted by molar-refractivity contribution is -0.137. The highest BCUT2D eigenvalue weighted by Crippen LogP contribution is 2.32. The van der Waals surface area contributed by atoms with Gasteiger partial charge in [-0.3, -0.25) is 0 Å². The molecule has 0 aliphatic rings. The Hall–Kier alpha value is -2.24. The lowest BCUT2D eigenvalue weighted by atomic mass is 10.0. The van der Waals surface area contributed by atoms with Gasteiger partial charge in [-0.15, -0.1) is 0 Å². The molecule has 6 heteroatoms. The highest BCUT2D eigenvalue weighted by molar-refractivity contribution is 5.48. The van der Waals surface area contributed by atoms with Gasteiger partial charge in [0.15, 0.2) is 11.6 Å². The van der Waals surface area contributed by atoms with Crippen molar-refractivity contribution in [3.8, 4) is 5.75 Å². The minimum absolute atomic E-state index is 0.170. The summed E-state index contributed by atoms with van der Waals surface area (Å²) >= 11 is 0. The topological polar surface area (TPSA) is 32.3 Å². The Bertz CT molecular complexity index is 598. The zero-order valence-electron chi connectivity index (χ0n) is 10.9. The fourth-order valence-electron chi connectivity index (χ4n) is 1.97. The van der Waals surface area contributed by atoms with Crippen LogP contribution in [0.5, 0.6) is 5.75 Å². The second-order valence-corrected chi connectivity index (χ2v) is 4.59. The maximum atomic E-state index is 13.3. The van der Waals surface area contributed by atoms with Crippen LogP contribution in [0.25, 0.3) is 0 Å². The number of phenolic OH excluding ortho intramolecular Hbond substituents is 1. The van der Waals surface area contributed by atoms with Gasteiger partial charge in [0, 0.05) is 11.8 Å². The van der Waals surface area contributed by atoms with E-state index in [1.54, 1.807) is 30.3 Å². The number of rotatable bonds is 4. The van der Waals surface area contributed by atoms with Crippen LogP contribution in [-0.2, 0) is 0 Å². The van der Waals surface area contributed by atoms with Gasteiger partial charge in [-0.2, -0.15) is 13.2 Å². The van der Waals surface area contributed by atoms with Crippen LogP contribution in [0.2, 0.25) is 0 Å². The van der Waals surface area contributed by atoms with Crippen molar-refractivity contribution >= 4 is 5.69 Å². The Kier molecular flexibility index (Phi) is 4.35. The molecule has 0 radical (unpaired) electrons. The molecule has 2 aromatic carbocycles. The number of phenols is 1. The van der Waals surface area contributed by atoms with Crippen molar-refractivity contribution in [3.05, 3.63) is 59.9 Å². The van der Waals surface area contributed by atoms with Gasteiger partial charge in [-0.1, -0.05) is 30.3 Å². The first-order chi connectivity index (χ1) is 9.85. The molecule has 21 heavy (non-hydrogen) atoms. The number of benzene rings is 2. The van der Waals surface area contributed by atoms with E-state index in [9.17, 15) is 17.6 Å². The molecule has 0 fully saturated rings. The summed E-state index contributed by atoms with van der Waals surface area (Å²) in [6.45, 7) is 0. The number of alkyl halides is 3. The molecule has 112 valence electrons. The quantitative estimate of drug-likeness (QED) is 0.637. The Morgan fingerprint density at radius 3 is 2.29 bits per heavy atom. The van der Waals surface area contributed by atoms with Gasteiger partial charge in [0.25, 0.3) is 0 Å². The van der Waals surface area contributed by atoms with Crippen LogP contribution in [0.1, 0.15) is 18.0 Å². The van der Waals surface area contributed by atoms with Crippen LogP contribution in [0.3, 0.4) is 0 Å². The summed E-state index contributed by atoms with van der Waals surface area (Å²) in [4.78, 5) is 0. The molecule has 0 aliphatic carbocycles. The Morgan fingerprint density at radius 2 is 1.71 bits per heavy atom. The van der Waals surface area contributed by atoms with Gasteiger partial charge < -0.3 is 10.4 Å². The number of hydrogen-bond acceptors (Lipinski definition) is 2. The predicted octanol–water partition coefficient (Wildman–Crippen LogP) is 4.64. The van der Waals surface area contributed by atoms with E-state index in [0.29, 0.717) is 5.56 Å². The standard InChI is InChI=1S/C15H13F4NO/c16-12-8-11(6-7-14(12)21)20-13(9-15(17,18)19)10-4-2-1-3-5-10/h1-8,13,20-21H,9H2. The lowest BCUT2D eigenvalue weighted by Gasteiger charge is -2.22. The average molecular weight is 299 g/mol. The summed E-state index contributed by atoms with van der Waals surface area (Å²) in [5.41, 5.74) is 0.617. The number of aromatic hydroxyl groups is 1. The molecule has 0 aliphatic heterocycles. The molecule has 0 aromatic heterocycles. The van der Waals surface area contributed by atoms with Gasteiger partial charge in [-0.25, -0.2) is 4.39 Å². The van der Waals surface area contributed by atoms with Crippen molar-refractivity contribution in [3.63, 3.8) is 0 Å². The zero-order chi connectivity index (χ0) is 15.5. The van der Waals surface area contributed by atoms with E-state index in [4.69, 9.17) is 5.11 Å². The molecule has 2 aromatic rings. The summed E-state index contributed by atoms with van der Waals surface area (Å²) in [5.74, 6) is -1.44. The largest absolute Gasteiger partial charge is 0.505 e. The van der Waals surface area contributed by atoms with Crippen LogP contribution in [0, 0.1) is 5.82 Å². The third kappa shape index (κ3) is 4.37. The average Bonchev–Trinajstić information content (AvgIpc) is 2.42. The molecule has 0 amide bonds. The van der Waals surface area contributed by atoms with E-state index in [2.05, 4.69) is 5.32 Å². The summed E-state index contributed by atoms with van der Waals surface area (Å²) in [5, 5.41) is 11.7. The molecule has 0 spiro atoms. The van der Waals surface area contributed by atoms with Crippen molar-refractivity contribution in [2.24, 2.45) is 0 Å². The molecule has 2 N–H and O–H groups in total. The Morgan fingerprint density at radius 1 is 1.05 bits per heavy atom. The molecule has 1 atom stereocenters. The summed E-state index contributed by atoms with van der Waals surface area (Å²) in [6.07, 6.45) is -5.44. The number of nitrogens with one attached hydrogen (secondary N) is 1. The molecular formula is C15H13F4NO. The maximum absolute atomic E-state index is 13.3. The SMILES string of the molecule is Oc1ccc(NC(CC(F)(F)F)c2ccccc2)cc1F. The van der Waals surface area contributed by atoms with E-state index in [0.717, 1.165) is 12.1 Å². The second-order valence-electron chi connectivity index (χ2n) is 4.59. The number of hydrogen-bond donors (Lipinski definition) is 2. The first-order valence-electron chi connectivity index (χ1n) is 6.22. The van der Waals surface area contributed by atoms with Crippen molar-refractivity contribution in [2.75, 3.05) is 5.32 Å². The summed E-state index contributed by atoms with van der Waals surface area (Å²) in [7, 11) is 0. The Balaban J connectivity index is 2.25. The molecule has 0 heterocycles. The van der Waals surface area contributed by atoms with E-state index >= 15 is 0 Å². The van der Waals surface area contributed by atoms with Crippen LogP contribution in [0.4, 0.5) is 23.2 Å². The second kappa shape index (κ2) is 6.03. The van der Waals surface area contributed by atoms with Crippen molar-refractivity contribution in [2.45, 2.75) is 18.6 Å². The number of anilines is 1. The summed E-state index contributed by atoms with van der Waals surface area (Å²) in [6, 6.07) is 10.5. The van der Waals surface area contributed by atoms with Crippen LogP contribution in [0.15, 0.2) is 48.5 Å². The third-order valence-corrected chi connectivity index (χ3v) is 2.93. The summed E-state index contributed by atoms with van der Waals surface area (Å²) < 4.78 is 51.3. The maximum Gasteiger partial charge on any atom is 0.391 e. The molecular weight excluding hydrogens is 286 g/mol. The monoisotopic (exact) mass is 299 g/mol.